The van der Waals surface area contributed by atoms with Gasteiger partial charge < -0.3 is 10.8 Å². The second-order valence-corrected chi connectivity index (χ2v) is 4.90. The van der Waals surface area contributed by atoms with Crippen molar-refractivity contribution in [3.8, 4) is 0 Å². The lowest BCUT2D eigenvalue weighted by atomic mass is 10.1. The first-order chi connectivity index (χ1) is 6.91. The molecule has 0 heterocycles. The molecular formula is C9H10ClNO3S. The molecule has 0 aliphatic heterocycles. The molecule has 1 unspecified atom stereocenters. The fourth-order valence-corrected chi connectivity index (χ4v) is 2.14. The van der Waals surface area contributed by atoms with Crippen molar-refractivity contribution in [2.24, 2.45) is 0 Å². The minimum absolute atomic E-state index is 0.0364. The predicted octanol–water partition coefficient (Wildman–Crippen LogP) is 1.50. The second-order valence-electron chi connectivity index (χ2n) is 3.05. The zero-order valence-corrected chi connectivity index (χ0v) is 9.56. The third-order valence-electron chi connectivity index (χ3n) is 1.81. The number of hydrogen-bond acceptors (Lipinski definition) is 3. The number of rotatable bonds is 3. The van der Waals surface area contributed by atoms with Gasteiger partial charge in [-0.1, -0.05) is 11.6 Å². The molecule has 0 aliphatic rings. The van der Waals surface area contributed by atoms with Crippen molar-refractivity contribution in [3.63, 3.8) is 0 Å². The number of aromatic carboxylic acids is 1. The van der Waals surface area contributed by atoms with Crippen LogP contribution in [-0.4, -0.2) is 21.5 Å². The average molecular weight is 248 g/mol. The molecule has 0 amide bonds. The molecule has 0 radical (unpaired) electrons. The molecule has 15 heavy (non-hydrogen) atoms. The van der Waals surface area contributed by atoms with Gasteiger partial charge in [0.25, 0.3) is 0 Å². The normalized spacial score (nSPS) is 12.4. The summed E-state index contributed by atoms with van der Waals surface area (Å²) in [6, 6.07) is 2.73. The Bertz CT molecular complexity index is 434. The van der Waals surface area contributed by atoms with Gasteiger partial charge in [0.05, 0.1) is 5.56 Å². The van der Waals surface area contributed by atoms with E-state index in [0.29, 0.717) is 5.56 Å². The molecule has 1 aromatic carbocycles. The third-order valence-corrected chi connectivity index (χ3v) is 2.88. The Kier molecular flexibility index (Phi) is 3.71. The van der Waals surface area contributed by atoms with Crippen LogP contribution in [0.1, 0.15) is 15.9 Å². The highest BCUT2D eigenvalue weighted by Gasteiger charge is 2.12. The van der Waals surface area contributed by atoms with Gasteiger partial charge in [-0.2, -0.15) is 0 Å². The minimum atomic E-state index is -1.13. The Hall–Kier alpha value is -1.07. The molecule has 82 valence electrons. The van der Waals surface area contributed by atoms with Crippen LogP contribution in [0.15, 0.2) is 12.1 Å². The average Bonchev–Trinajstić information content (AvgIpc) is 2.09. The molecule has 3 N–H and O–H groups in total. The molecule has 0 aliphatic carbocycles. The largest absolute Gasteiger partial charge is 0.478 e. The van der Waals surface area contributed by atoms with Gasteiger partial charge in [0.1, 0.15) is 0 Å². The van der Waals surface area contributed by atoms with Gasteiger partial charge in [-0.3, -0.25) is 4.21 Å². The number of carboxylic acids is 1. The maximum Gasteiger partial charge on any atom is 0.337 e. The molecular weight excluding hydrogens is 238 g/mol. The molecule has 0 saturated carbocycles. The van der Waals surface area contributed by atoms with Crippen molar-refractivity contribution in [2.75, 3.05) is 12.0 Å². The van der Waals surface area contributed by atoms with Crippen molar-refractivity contribution in [1.29, 1.82) is 0 Å². The van der Waals surface area contributed by atoms with E-state index in [9.17, 15) is 9.00 Å². The number of benzene rings is 1. The predicted molar refractivity (Wildman–Crippen MR) is 60.6 cm³/mol. The summed E-state index contributed by atoms with van der Waals surface area (Å²) in [4.78, 5) is 10.7. The van der Waals surface area contributed by atoms with E-state index in [1.807, 2.05) is 0 Å². The van der Waals surface area contributed by atoms with E-state index in [1.54, 1.807) is 0 Å². The standard InChI is InChI=1S/C9H10ClNO3S/c1-15(14)4-5-2-8(11)6(9(12)13)3-7(5)10/h2-3H,4,11H2,1H3,(H,12,13). The molecule has 1 aromatic rings. The highest BCUT2D eigenvalue weighted by Crippen LogP contribution is 2.24. The van der Waals surface area contributed by atoms with Gasteiger partial charge in [0.15, 0.2) is 0 Å². The van der Waals surface area contributed by atoms with Crippen LogP contribution in [-0.2, 0) is 16.6 Å². The summed E-state index contributed by atoms with van der Waals surface area (Å²) in [5.41, 5.74) is 6.22. The van der Waals surface area contributed by atoms with E-state index in [-0.39, 0.29) is 22.0 Å². The first kappa shape index (κ1) is 12.0. The van der Waals surface area contributed by atoms with Crippen LogP contribution in [0.3, 0.4) is 0 Å². The molecule has 4 nitrogen and oxygen atoms in total. The summed E-state index contributed by atoms with van der Waals surface area (Å²) in [6.07, 6.45) is 1.54. The molecule has 0 bridgehead atoms. The molecule has 0 aromatic heterocycles. The van der Waals surface area contributed by atoms with Gasteiger partial charge in [-0.15, -0.1) is 0 Å². The van der Waals surface area contributed by atoms with Crippen molar-refractivity contribution in [3.05, 3.63) is 28.3 Å². The lowest BCUT2D eigenvalue weighted by molar-refractivity contribution is 0.0698. The summed E-state index contributed by atoms with van der Waals surface area (Å²) in [6.45, 7) is 0. The van der Waals surface area contributed by atoms with Gasteiger partial charge in [-0.25, -0.2) is 4.79 Å². The SMILES string of the molecule is CS(=O)Cc1cc(N)c(C(=O)O)cc1Cl. The fraction of sp³-hybridized carbons (Fsp3) is 0.222. The second kappa shape index (κ2) is 4.63. The van der Waals surface area contributed by atoms with Crippen LogP contribution in [0, 0.1) is 0 Å². The van der Waals surface area contributed by atoms with Crippen molar-refractivity contribution >= 4 is 34.1 Å². The van der Waals surface area contributed by atoms with Gasteiger partial charge in [0.2, 0.25) is 0 Å². The van der Waals surface area contributed by atoms with Gasteiger partial charge in [-0.05, 0) is 17.7 Å². The summed E-state index contributed by atoms with van der Waals surface area (Å²) >= 11 is 5.84. The Morgan fingerprint density at radius 2 is 2.20 bits per heavy atom. The third kappa shape index (κ3) is 2.94. The van der Waals surface area contributed by atoms with E-state index < -0.39 is 16.8 Å². The van der Waals surface area contributed by atoms with Crippen molar-refractivity contribution in [1.82, 2.24) is 0 Å². The zero-order valence-electron chi connectivity index (χ0n) is 7.99. The first-order valence-corrected chi connectivity index (χ1v) is 6.13. The summed E-state index contributed by atoms with van der Waals surface area (Å²) in [7, 11) is -1.04. The Balaban J connectivity index is 3.19. The van der Waals surface area contributed by atoms with Crippen LogP contribution in [0.4, 0.5) is 5.69 Å². The zero-order chi connectivity index (χ0) is 11.6. The highest BCUT2D eigenvalue weighted by molar-refractivity contribution is 7.83. The number of nitrogens with two attached hydrogens (primary N) is 1. The van der Waals surface area contributed by atoms with Crippen LogP contribution >= 0.6 is 11.6 Å². The van der Waals surface area contributed by atoms with Crippen LogP contribution in [0.25, 0.3) is 0 Å². The van der Waals surface area contributed by atoms with Gasteiger partial charge >= 0.3 is 5.97 Å². The van der Waals surface area contributed by atoms with E-state index in [1.165, 1.54) is 18.4 Å². The monoisotopic (exact) mass is 247 g/mol. The smallest absolute Gasteiger partial charge is 0.337 e. The summed E-state index contributed by atoms with van der Waals surface area (Å²) < 4.78 is 11.0. The van der Waals surface area contributed by atoms with Crippen LogP contribution in [0.5, 0.6) is 0 Å². The van der Waals surface area contributed by atoms with Crippen molar-refractivity contribution in [2.45, 2.75) is 5.75 Å². The van der Waals surface area contributed by atoms with Crippen LogP contribution in [0.2, 0.25) is 5.02 Å². The molecule has 1 rings (SSSR count). The van der Waals surface area contributed by atoms with E-state index in [4.69, 9.17) is 22.4 Å². The maximum atomic E-state index is 11.0. The minimum Gasteiger partial charge on any atom is -0.478 e. The lowest BCUT2D eigenvalue weighted by Gasteiger charge is -2.06. The summed E-state index contributed by atoms with van der Waals surface area (Å²) in [5, 5.41) is 9.04. The highest BCUT2D eigenvalue weighted by atomic mass is 35.5. The topological polar surface area (TPSA) is 80.4 Å². The maximum absolute atomic E-state index is 11.0. The fourth-order valence-electron chi connectivity index (χ4n) is 1.15. The first-order valence-electron chi connectivity index (χ1n) is 4.03. The Labute approximate surface area is 94.5 Å². The molecule has 0 spiro atoms. The lowest BCUT2D eigenvalue weighted by Crippen LogP contribution is -2.04. The van der Waals surface area contributed by atoms with E-state index in [2.05, 4.69) is 0 Å². The number of nitrogen functional groups attached to an aromatic ring is 1. The molecule has 6 heteroatoms. The molecule has 1 atom stereocenters. The van der Waals surface area contributed by atoms with Crippen LogP contribution < -0.4 is 5.73 Å². The molecule has 0 fully saturated rings. The Morgan fingerprint density at radius 1 is 1.60 bits per heavy atom. The quantitative estimate of drug-likeness (QED) is 0.794. The number of halogens is 1. The van der Waals surface area contributed by atoms with E-state index >= 15 is 0 Å². The number of hydrogen-bond donors (Lipinski definition) is 2. The van der Waals surface area contributed by atoms with Crippen molar-refractivity contribution < 1.29 is 14.1 Å². The number of anilines is 1. The van der Waals surface area contributed by atoms with E-state index in [0.717, 1.165) is 0 Å². The van der Waals surface area contributed by atoms with Gasteiger partial charge in [0, 0.05) is 33.5 Å². The Morgan fingerprint density at radius 3 is 2.67 bits per heavy atom. The summed E-state index contributed by atoms with van der Waals surface area (Å²) in [5.74, 6) is -0.860. The molecule has 0 saturated heterocycles. The number of carboxylic acid groups (broad SMARTS) is 1. The number of carbonyl (C=O) groups is 1.